The van der Waals surface area contributed by atoms with Crippen molar-refractivity contribution < 1.29 is 19.1 Å². The molecule has 0 saturated heterocycles. The summed E-state index contributed by atoms with van der Waals surface area (Å²) in [5.41, 5.74) is 0. The van der Waals surface area contributed by atoms with Crippen LogP contribution in [0.3, 0.4) is 0 Å². The van der Waals surface area contributed by atoms with E-state index in [1.807, 2.05) is 6.92 Å². The summed E-state index contributed by atoms with van der Waals surface area (Å²) in [6, 6.07) is 0. The van der Waals surface area contributed by atoms with E-state index in [9.17, 15) is 9.59 Å². The molecule has 0 aromatic heterocycles. The third-order valence-corrected chi connectivity index (χ3v) is 1.70. The van der Waals surface area contributed by atoms with Gasteiger partial charge in [-0.05, 0) is 12.3 Å². The van der Waals surface area contributed by atoms with Crippen LogP contribution in [-0.2, 0) is 19.1 Å². The van der Waals surface area contributed by atoms with Crippen molar-refractivity contribution in [3.63, 3.8) is 0 Å². The molecule has 0 aliphatic heterocycles. The number of hydrogen-bond acceptors (Lipinski definition) is 4. The zero-order valence-corrected chi connectivity index (χ0v) is 8.90. The van der Waals surface area contributed by atoms with E-state index in [2.05, 4.69) is 13.2 Å². The second-order valence-electron chi connectivity index (χ2n) is 3.10. The molecule has 0 aromatic carbocycles. The highest BCUT2D eigenvalue weighted by molar-refractivity contribution is 5.81. The summed E-state index contributed by atoms with van der Waals surface area (Å²) >= 11 is 0. The highest BCUT2D eigenvalue weighted by Gasteiger charge is 2.06. The first-order valence-electron chi connectivity index (χ1n) is 4.68. The summed E-state index contributed by atoms with van der Waals surface area (Å²) in [6.45, 7) is 9.06. The molecule has 0 rings (SSSR count). The normalized spacial score (nSPS) is 11.3. The molecule has 0 saturated carbocycles. The SMILES string of the molecule is C=CC(=O)OCCC(C)COC(=O)C=C. The number of ether oxygens (including phenoxy) is 2. The van der Waals surface area contributed by atoms with Gasteiger partial charge in [0.05, 0.1) is 13.2 Å². The van der Waals surface area contributed by atoms with Crippen LogP contribution in [0.4, 0.5) is 0 Å². The Hall–Kier alpha value is -1.58. The Morgan fingerprint density at radius 3 is 2.27 bits per heavy atom. The Labute approximate surface area is 89.6 Å². The second-order valence-corrected chi connectivity index (χ2v) is 3.10. The van der Waals surface area contributed by atoms with Crippen molar-refractivity contribution in [2.45, 2.75) is 13.3 Å². The lowest BCUT2D eigenvalue weighted by molar-refractivity contribution is -0.141. The topological polar surface area (TPSA) is 52.6 Å². The summed E-state index contributed by atoms with van der Waals surface area (Å²) in [7, 11) is 0. The molecule has 15 heavy (non-hydrogen) atoms. The molecule has 1 atom stereocenters. The minimum absolute atomic E-state index is 0.145. The molecule has 0 heterocycles. The minimum Gasteiger partial charge on any atom is -0.463 e. The maximum absolute atomic E-state index is 10.7. The molecule has 1 unspecified atom stereocenters. The van der Waals surface area contributed by atoms with Gasteiger partial charge in [-0.2, -0.15) is 0 Å². The van der Waals surface area contributed by atoms with E-state index in [-0.39, 0.29) is 5.92 Å². The Morgan fingerprint density at radius 2 is 1.73 bits per heavy atom. The van der Waals surface area contributed by atoms with Crippen LogP contribution in [0.25, 0.3) is 0 Å². The van der Waals surface area contributed by atoms with Gasteiger partial charge >= 0.3 is 11.9 Å². The number of hydrogen-bond donors (Lipinski definition) is 0. The van der Waals surface area contributed by atoms with Crippen LogP contribution in [0.1, 0.15) is 13.3 Å². The fraction of sp³-hybridized carbons (Fsp3) is 0.455. The summed E-state index contributed by atoms with van der Waals surface area (Å²) in [6.07, 6.45) is 2.87. The number of rotatable bonds is 7. The molecule has 84 valence electrons. The minimum atomic E-state index is -0.440. The van der Waals surface area contributed by atoms with Gasteiger partial charge in [0, 0.05) is 12.2 Å². The van der Waals surface area contributed by atoms with Crippen LogP contribution in [-0.4, -0.2) is 25.2 Å². The molecule has 0 aliphatic rings. The van der Waals surface area contributed by atoms with Crippen molar-refractivity contribution in [3.8, 4) is 0 Å². The molecule has 0 amide bonds. The van der Waals surface area contributed by atoms with Crippen LogP contribution < -0.4 is 0 Å². The van der Waals surface area contributed by atoms with Gasteiger partial charge in [-0.25, -0.2) is 9.59 Å². The molecule has 4 nitrogen and oxygen atoms in total. The van der Waals surface area contributed by atoms with Gasteiger partial charge in [0.15, 0.2) is 0 Å². The highest BCUT2D eigenvalue weighted by Crippen LogP contribution is 2.03. The van der Waals surface area contributed by atoms with E-state index in [0.717, 1.165) is 12.2 Å². The van der Waals surface area contributed by atoms with Crippen LogP contribution in [0.2, 0.25) is 0 Å². The second kappa shape index (κ2) is 7.79. The molecule has 0 N–H and O–H groups in total. The molecule has 0 spiro atoms. The summed E-state index contributed by atoms with van der Waals surface area (Å²) in [5, 5.41) is 0. The maximum Gasteiger partial charge on any atom is 0.330 e. The van der Waals surface area contributed by atoms with E-state index in [1.54, 1.807) is 0 Å². The number of carbonyl (C=O) groups is 2. The third kappa shape index (κ3) is 7.49. The van der Waals surface area contributed by atoms with Crippen LogP contribution in [0.15, 0.2) is 25.3 Å². The average molecular weight is 212 g/mol. The molecular formula is C11H16O4. The average Bonchev–Trinajstić information content (AvgIpc) is 2.25. The van der Waals surface area contributed by atoms with Crippen molar-refractivity contribution in [1.82, 2.24) is 0 Å². The van der Waals surface area contributed by atoms with Crippen LogP contribution in [0.5, 0.6) is 0 Å². The van der Waals surface area contributed by atoms with E-state index < -0.39 is 11.9 Å². The lowest BCUT2D eigenvalue weighted by atomic mass is 10.1. The van der Waals surface area contributed by atoms with Crippen molar-refractivity contribution in [2.24, 2.45) is 5.92 Å². The Morgan fingerprint density at radius 1 is 1.20 bits per heavy atom. The molecule has 0 aromatic rings. The lowest BCUT2D eigenvalue weighted by Crippen LogP contribution is -2.13. The fourth-order valence-electron chi connectivity index (χ4n) is 0.786. The summed E-state index contributed by atoms with van der Waals surface area (Å²) in [4.78, 5) is 21.4. The van der Waals surface area contributed by atoms with Crippen molar-refractivity contribution in [1.29, 1.82) is 0 Å². The molecule has 4 heteroatoms. The standard InChI is InChI=1S/C11H16O4/c1-4-10(12)14-7-6-9(3)8-15-11(13)5-2/h4-5,9H,1-2,6-8H2,3H3. The van der Waals surface area contributed by atoms with Crippen molar-refractivity contribution in [3.05, 3.63) is 25.3 Å². The van der Waals surface area contributed by atoms with Gasteiger partial charge in [-0.15, -0.1) is 0 Å². The van der Waals surface area contributed by atoms with Crippen LogP contribution in [0, 0.1) is 5.92 Å². The van der Waals surface area contributed by atoms with Gasteiger partial charge < -0.3 is 9.47 Å². The van der Waals surface area contributed by atoms with Gasteiger partial charge in [0.25, 0.3) is 0 Å². The number of carbonyl (C=O) groups excluding carboxylic acids is 2. The Bertz CT molecular complexity index is 245. The first-order chi connectivity index (χ1) is 7.10. The fourth-order valence-corrected chi connectivity index (χ4v) is 0.786. The van der Waals surface area contributed by atoms with Gasteiger partial charge in [0.1, 0.15) is 0 Å². The zero-order valence-electron chi connectivity index (χ0n) is 8.90. The summed E-state index contributed by atoms with van der Waals surface area (Å²) in [5.74, 6) is -0.735. The Balaban J connectivity index is 3.52. The van der Waals surface area contributed by atoms with E-state index >= 15 is 0 Å². The van der Waals surface area contributed by atoms with Crippen molar-refractivity contribution in [2.75, 3.05) is 13.2 Å². The first-order valence-corrected chi connectivity index (χ1v) is 4.68. The maximum atomic E-state index is 10.7. The molecular weight excluding hydrogens is 196 g/mol. The monoisotopic (exact) mass is 212 g/mol. The van der Waals surface area contributed by atoms with Crippen LogP contribution >= 0.6 is 0 Å². The van der Waals surface area contributed by atoms with Crippen molar-refractivity contribution >= 4 is 11.9 Å². The number of esters is 2. The molecule has 0 radical (unpaired) electrons. The predicted octanol–water partition coefficient (Wildman–Crippen LogP) is 1.47. The largest absolute Gasteiger partial charge is 0.463 e. The van der Waals surface area contributed by atoms with Gasteiger partial charge in [-0.3, -0.25) is 0 Å². The zero-order chi connectivity index (χ0) is 11.7. The van der Waals surface area contributed by atoms with E-state index in [0.29, 0.717) is 19.6 Å². The quantitative estimate of drug-likeness (QED) is 0.473. The molecule has 0 bridgehead atoms. The third-order valence-electron chi connectivity index (χ3n) is 1.70. The lowest BCUT2D eigenvalue weighted by Gasteiger charge is -2.10. The molecule has 0 fully saturated rings. The molecule has 0 aliphatic carbocycles. The van der Waals surface area contributed by atoms with Gasteiger partial charge in [0.2, 0.25) is 0 Å². The first kappa shape index (κ1) is 13.4. The van der Waals surface area contributed by atoms with Gasteiger partial charge in [-0.1, -0.05) is 20.1 Å². The predicted molar refractivity (Wildman–Crippen MR) is 56.1 cm³/mol. The smallest absolute Gasteiger partial charge is 0.330 e. The Kier molecular flexibility index (Phi) is 6.97. The van der Waals surface area contributed by atoms with E-state index in [4.69, 9.17) is 9.47 Å². The van der Waals surface area contributed by atoms with E-state index in [1.165, 1.54) is 0 Å². The summed E-state index contributed by atoms with van der Waals surface area (Å²) < 4.78 is 9.60. The highest BCUT2D eigenvalue weighted by atomic mass is 16.5.